The van der Waals surface area contributed by atoms with Crippen LogP contribution in [0.15, 0.2) is 29.3 Å². The van der Waals surface area contributed by atoms with E-state index in [1.807, 2.05) is 0 Å². The second-order valence-electron chi connectivity index (χ2n) is 10.5. The van der Waals surface area contributed by atoms with E-state index in [0.29, 0.717) is 47.3 Å². The Kier molecular flexibility index (Phi) is 6.36. The molecule has 0 N–H and O–H groups in total. The monoisotopic (exact) mass is 504 g/mol. The van der Waals surface area contributed by atoms with Gasteiger partial charge >= 0.3 is 0 Å². The Morgan fingerprint density at radius 1 is 1.08 bits per heavy atom. The van der Waals surface area contributed by atoms with Crippen molar-refractivity contribution in [2.75, 3.05) is 13.6 Å². The molecule has 1 saturated carbocycles. The van der Waals surface area contributed by atoms with Gasteiger partial charge in [0.15, 0.2) is 23.0 Å². The van der Waals surface area contributed by atoms with Crippen molar-refractivity contribution in [2.45, 2.75) is 82.3 Å². The van der Waals surface area contributed by atoms with E-state index in [1.165, 1.54) is 6.33 Å². The molecule has 3 aromatic rings. The summed E-state index contributed by atoms with van der Waals surface area (Å²) < 4.78 is 18.2. The zero-order chi connectivity index (χ0) is 25.4. The lowest BCUT2D eigenvalue weighted by molar-refractivity contribution is -0.128. The lowest BCUT2D eigenvalue weighted by Crippen LogP contribution is -2.41. The summed E-state index contributed by atoms with van der Waals surface area (Å²) in [5.74, 6) is 2.49. The average Bonchev–Trinajstić information content (AvgIpc) is 3.53. The molecule has 10 nitrogen and oxygen atoms in total. The molecule has 10 heteroatoms. The molecule has 3 atom stereocenters. The minimum atomic E-state index is -0.562. The number of fused-ring (bicyclic) bond motifs is 2. The molecule has 3 aliphatic rings. The van der Waals surface area contributed by atoms with E-state index in [2.05, 4.69) is 39.0 Å². The largest absolute Gasteiger partial charge is 0.473 e. The molecule has 2 aliphatic carbocycles. The predicted molar refractivity (Wildman–Crippen MR) is 133 cm³/mol. The van der Waals surface area contributed by atoms with Crippen molar-refractivity contribution in [3.8, 4) is 29.0 Å². The first-order valence-electron chi connectivity index (χ1n) is 13.2. The van der Waals surface area contributed by atoms with Gasteiger partial charge in [0, 0.05) is 18.0 Å². The van der Waals surface area contributed by atoms with E-state index in [1.54, 1.807) is 18.5 Å². The van der Waals surface area contributed by atoms with Crippen LogP contribution in [0.3, 0.4) is 0 Å². The van der Waals surface area contributed by atoms with Crippen molar-refractivity contribution < 1.29 is 18.8 Å². The van der Waals surface area contributed by atoms with E-state index in [0.717, 1.165) is 63.5 Å². The zero-order valence-electron chi connectivity index (χ0n) is 21.4. The third-order valence-corrected chi connectivity index (χ3v) is 8.12. The second kappa shape index (κ2) is 9.81. The van der Waals surface area contributed by atoms with Crippen LogP contribution >= 0.6 is 0 Å². The van der Waals surface area contributed by atoms with Gasteiger partial charge in [-0.3, -0.25) is 9.69 Å². The van der Waals surface area contributed by atoms with Crippen molar-refractivity contribution in [3.05, 3.63) is 36.1 Å². The molecule has 0 unspecified atom stereocenters. The molecule has 194 valence electrons. The summed E-state index contributed by atoms with van der Waals surface area (Å²) >= 11 is 0. The maximum absolute atomic E-state index is 13.1. The van der Waals surface area contributed by atoms with Crippen LogP contribution in [-0.2, 0) is 16.6 Å². The first-order chi connectivity index (χ1) is 18.0. The van der Waals surface area contributed by atoms with Crippen molar-refractivity contribution >= 4 is 5.78 Å². The third-order valence-electron chi connectivity index (χ3n) is 8.12. The Balaban J connectivity index is 1.38. The van der Waals surface area contributed by atoms with Gasteiger partial charge in [-0.15, -0.1) is 0 Å². The maximum atomic E-state index is 13.1. The summed E-state index contributed by atoms with van der Waals surface area (Å²) in [5, 5.41) is 4.41. The van der Waals surface area contributed by atoms with Crippen LogP contribution in [0.5, 0.6) is 17.5 Å². The lowest BCUT2D eigenvalue weighted by atomic mass is 9.64. The highest BCUT2D eigenvalue weighted by Crippen LogP contribution is 2.47. The van der Waals surface area contributed by atoms with Gasteiger partial charge < -0.3 is 14.0 Å². The Morgan fingerprint density at radius 2 is 1.89 bits per heavy atom. The van der Waals surface area contributed by atoms with E-state index < -0.39 is 5.41 Å². The Morgan fingerprint density at radius 3 is 2.68 bits per heavy atom. The van der Waals surface area contributed by atoms with Crippen molar-refractivity contribution in [2.24, 2.45) is 0 Å². The average molecular weight is 505 g/mol. The van der Waals surface area contributed by atoms with E-state index >= 15 is 0 Å². The summed E-state index contributed by atoms with van der Waals surface area (Å²) in [6.45, 7) is 3.12. The molecular formula is C27H32N6O4. The summed E-state index contributed by atoms with van der Waals surface area (Å²) in [4.78, 5) is 32.9. The SMILES string of the molecule is C[C@H](Oc1cc(Oc2cncnc2)nc(-c2noc3c2CCC[C@@]32CCCCC2=O)n1)[C@@H]1CCCN1C. The van der Waals surface area contributed by atoms with Crippen LogP contribution in [0, 0.1) is 0 Å². The van der Waals surface area contributed by atoms with Crippen LogP contribution in [0.4, 0.5) is 0 Å². The highest BCUT2D eigenvalue weighted by Gasteiger charge is 2.48. The molecule has 1 saturated heterocycles. The fourth-order valence-electron chi connectivity index (χ4n) is 6.25. The molecule has 2 fully saturated rings. The number of nitrogens with zero attached hydrogens (tertiary/aromatic N) is 6. The normalized spacial score (nSPS) is 24.7. The molecule has 3 aromatic heterocycles. The first kappa shape index (κ1) is 24.0. The van der Waals surface area contributed by atoms with Crippen LogP contribution in [0.25, 0.3) is 11.5 Å². The Bertz CT molecular complexity index is 1280. The predicted octanol–water partition coefficient (Wildman–Crippen LogP) is 4.29. The van der Waals surface area contributed by atoms with E-state index in [4.69, 9.17) is 19.0 Å². The van der Waals surface area contributed by atoms with E-state index in [-0.39, 0.29) is 11.9 Å². The summed E-state index contributed by atoms with van der Waals surface area (Å²) in [7, 11) is 2.12. The summed E-state index contributed by atoms with van der Waals surface area (Å²) in [6.07, 6.45) is 12.6. The van der Waals surface area contributed by atoms with Gasteiger partial charge in [-0.25, -0.2) is 9.97 Å². The third kappa shape index (κ3) is 4.47. The molecule has 4 heterocycles. The molecule has 0 aromatic carbocycles. The number of rotatable bonds is 6. The number of carbonyl (C=O) groups is 1. The van der Waals surface area contributed by atoms with E-state index in [9.17, 15) is 4.79 Å². The number of carbonyl (C=O) groups excluding carboxylic acids is 1. The standard InChI is InChI=1S/C27H32N6O4/c1-17(20-8-6-12-33(20)2)35-22-13-23(36-18-14-28-16-29-15-18)31-26(30-22)24-19-7-5-11-27(25(19)37-32-24)10-4-3-9-21(27)34/h13-17,20H,3-12H2,1-2H3/t17-,20-,27+/m0/s1. The molecule has 0 bridgehead atoms. The molecule has 1 spiro atoms. The maximum Gasteiger partial charge on any atom is 0.226 e. The highest BCUT2D eigenvalue weighted by molar-refractivity contribution is 5.91. The van der Waals surface area contributed by atoms with Gasteiger partial charge in [0.1, 0.15) is 18.2 Å². The number of Topliss-reactive ketones (excluding diaryl/α,β-unsaturated/α-hetero) is 1. The number of likely N-dealkylation sites (N-methyl/N-ethyl adjacent to an activating group) is 1. The Labute approximate surface area is 215 Å². The number of hydrogen-bond donors (Lipinski definition) is 0. The van der Waals surface area contributed by atoms with Gasteiger partial charge in [0.25, 0.3) is 0 Å². The molecule has 0 radical (unpaired) electrons. The number of hydrogen-bond acceptors (Lipinski definition) is 10. The van der Waals surface area contributed by atoms with Crippen molar-refractivity contribution in [3.63, 3.8) is 0 Å². The molecule has 37 heavy (non-hydrogen) atoms. The number of aromatic nitrogens is 5. The number of ether oxygens (including phenoxy) is 2. The summed E-state index contributed by atoms with van der Waals surface area (Å²) in [6, 6.07) is 1.99. The van der Waals surface area contributed by atoms with Gasteiger partial charge in [0.2, 0.25) is 11.8 Å². The molecule has 6 rings (SSSR count). The molecule has 1 aliphatic heterocycles. The molecular weight excluding hydrogens is 472 g/mol. The smallest absolute Gasteiger partial charge is 0.226 e. The fraction of sp³-hybridized carbons (Fsp3) is 0.556. The number of likely N-dealkylation sites (tertiary alicyclic amines) is 1. The van der Waals surface area contributed by atoms with Crippen LogP contribution in [0.1, 0.15) is 69.6 Å². The Hall–Kier alpha value is -3.40. The number of ketones is 1. The van der Waals surface area contributed by atoms with Gasteiger partial charge in [-0.1, -0.05) is 11.6 Å². The molecule has 0 amide bonds. The fourth-order valence-corrected chi connectivity index (χ4v) is 6.25. The van der Waals surface area contributed by atoms with Crippen molar-refractivity contribution in [1.29, 1.82) is 0 Å². The quantitative estimate of drug-likeness (QED) is 0.481. The zero-order valence-corrected chi connectivity index (χ0v) is 21.4. The van der Waals surface area contributed by atoms with Crippen molar-refractivity contribution in [1.82, 2.24) is 30.0 Å². The van der Waals surface area contributed by atoms with Gasteiger partial charge in [-0.05, 0) is 65.5 Å². The minimum Gasteiger partial charge on any atom is -0.473 e. The van der Waals surface area contributed by atoms with Crippen LogP contribution in [-0.4, -0.2) is 61.5 Å². The lowest BCUT2D eigenvalue weighted by Gasteiger charge is -2.36. The van der Waals surface area contributed by atoms with Gasteiger partial charge in [-0.2, -0.15) is 9.97 Å². The van der Waals surface area contributed by atoms with Gasteiger partial charge in [0.05, 0.1) is 23.9 Å². The van der Waals surface area contributed by atoms with Crippen LogP contribution < -0.4 is 9.47 Å². The summed E-state index contributed by atoms with van der Waals surface area (Å²) in [5.41, 5.74) is 0.918. The van der Waals surface area contributed by atoms with Crippen LogP contribution in [0.2, 0.25) is 0 Å². The topological polar surface area (TPSA) is 116 Å². The second-order valence-corrected chi connectivity index (χ2v) is 10.5. The first-order valence-corrected chi connectivity index (χ1v) is 13.2. The highest BCUT2D eigenvalue weighted by atomic mass is 16.5. The minimum absolute atomic E-state index is 0.0717.